The van der Waals surface area contributed by atoms with E-state index >= 15 is 0 Å². The molecule has 1 aromatic carbocycles. The second-order valence-electron chi connectivity index (χ2n) is 4.12. The van der Waals surface area contributed by atoms with Crippen LogP contribution in [0.25, 0.3) is 0 Å². The molecule has 94 valence electrons. The molecule has 0 amide bonds. The van der Waals surface area contributed by atoms with Crippen LogP contribution in [0.4, 0.5) is 0 Å². The number of rotatable bonds is 4. The summed E-state index contributed by atoms with van der Waals surface area (Å²) in [4.78, 5) is 4.00. The van der Waals surface area contributed by atoms with E-state index in [1.165, 1.54) is 5.56 Å². The Bertz CT molecular complexity index is 516. The summed E-state index contributed by atoms with van der Waals surface area (Å²) in [6.45, 7) is 2.91. The Labute approximate surface area is 121 Å². The zero-order valence-electron chi connectivity index (χ0n) is 10.0. The summed E-state index contributed by atoms with van der Waals surface area (Å²) in [5, 5.41) is 4.22. The fourth-order valence-electron chi connectivity index (χ4n) is 1.73. The minimum absolute atomic E-state index is 0.207. The van der Waals surface area contributed by atoms with E-state index in [4.69, 9.17) is 11.6 Å². The summed E-state index contributed by atoms with van der Waals surface area (Å²) in [6, 6.07) is 10.2. The lowest BCUT2D eigenvalue weighted by Crippen LogP contribution is -2.18. The third-order valence-electron chi connectivity index (χ3n) is 2.79. The molecule has 0 aliphatic heterocycles. The highest BCUT2D eigenvalue weighted by molar-refractivity contribution is 9.10. The quantitative estimate of drug-likeness (QED) is 0.904. The molecular formula is C14H14BrClN2. The van der Waals surface area contributed by atoms with Crippen LogP contribution < -0.4 is 5.32 Å². The van der Waals surface area contributed by atoms with E-state index in [2.05, 4.69) is 33.2 Å². The molecule has 0 radical (unpaired) electrons. The van der Waals surface area contributed by atoms with Crippen LogP contribution in [0, 0.1) is 0 Å². The number of hydrogen-bond acceptors (Lipinski definition) is 2. The maximum absolute atomic E-state index is 6.23. The number of aromatic nitrogens is 1. The molecule has 2 nitrogen and oxygen atoms in total. The van der Waals surface area contributed by atoms with Gasteiger partial charge in [0.2, 0.25) is 0 Å². The lowest BCUT2D eigenvalue weighted by molar-refractivity contribution is 0.574. The largest absolute Gasteiger partial charge is 0.306 e. The van der Waals surface area contributed by atoms with E-state index in [1.807, 2.05) is 30.3 Å². The van der Waals surface area contributed by atoms with Crippen molar-refractivity contribution in [2.24, 2.45) is 0 Å². The van der Waals surface area contributed by atoms with Crippen LogP contribution in [0.3, 0.4) is 0 Å². The molecule has 0 fully saturated rings. The molecule has 2 aromatic rings. The van der Waals surface area contributed by atoms with Crippen LogP contribution in [0.15, 0.2) is 47.2 Å². The van der Waals surface area contributed by atoms with Crippen LogP contribution in [0.5, 0.6) is 0 Å². The smallest absolute Gasteiger partial charge is 0.0464 e. The van der Waals surface area contributed by atoms with Gasteiger partial charge in [0.25, 0.3) is 0 Å². The normalized spacial score (nSPS) is 12.4. The molecule has 18 heavy (non-hydrogen) atoms. The van der Waals surface area contributed by atoms with Gasteiger partial charge >= 0.3 is 0 Å². The highest BCUT2D eigenvalue weighted by Gasteiger charge is 2.09. The molecule has 0 aliphatic rings. The number of pyridine rings is 1. The Kier molecular flexibility index (Phi) is 4.75. The van der Waals surface area contributed by atoms with Gasteiger partial charge in [-0.1, -0.05) is 33.6 Å². The van der Waals surface area contributed by atoms with E-state index in [0.717, 1.165) is 21.6 Å². The first-order chi connectivity index (χ1) is 8.66. The highest BCUT2D eigenvalue weighted by Crippen LogP contribution is 2.26. The van der Waals surface area contributed by atoms with Crippen molar-refractivity contribution in [3.05, 3.63) is 63.3 Å². The van der Waals surface area contributed by atoms with Gasteiger partial charge in [-0.05, 0) is 42.3 Å². The van der Waals surface area contributed by atoms with Crippen LogP contribution in [0.2, 0.25) is 5.02 Å². The van der Waals surface area contributed by atoms with Gasteiger partial charge in [0.05, 0.1) is 0 Å². The lowest BCUT2D eigenvalue weighted by atomic mass is 10.1. The molecule has 1 atom stereocenters. The molecule has 0 saturated carbocycles. The maximum atomic E-state index is 6.23. The summed E-state index contributed by atoms with van der Waals surface area (Å²) in [7, 11) is 0. The van der Waals surface area contributed by atoms with Gasteiger partial charge in [0, 0.05) is 34.5 Å². The van der Waals surface area contributed by atoms with Crippen molar-refractivity contribution in [3.63, 3.8) is 0 Å². The minimum Gasteiger partial charge on any atom is -0.306 e. The Morgan fingerprint density at radius 2 is 2.00 bits per heavy atom. The highest BCUT2D eigenvalue weighted by atomic mass is 79.9. The number of halogens is 2. The number of nitrogens with zero attached hydrogens (tertiary/aromatic N) is 1. The zero-order valence-corrected chi connectivity index (χ0v) is 12.4. The summed E-state index contributed by atoms with van der Waals surface area (Å²) in [5.41, 5.74) is 2.32. The zero-order chi connectivity index (χ0) is 13.0. The Hall–Kier alpha value is -0.900. The van der Waals surface area contributed by atoms with Crippen molar-refractivity contribution in [1.82, 2.24) is 10.3 Å². The van der Waals surface area contributed by atoms with Crippen LogP contribution >= 0.6 is 27.5 Å². The summed E-state index contributed by atoms with van der Waals surface area (Å²) < 4.78 is 0.998. The fraction of sp³-hybridized carbons (Fsp3) is 0.214. The van der Waals surface area contributed by atoms with Crippen molar-refractivity contribution >= 4 is 27.5 Å². The lowest BCUT2D eigenvalue weighted by Gasteiger charge is -2.16. The first-order valence-corrected chi connectivity index (χ1v) is 6.91. The third-order valence-corrected chi connectivity index (χ3v) is 3.61. The molecule has 2 rings (SSSR count). The predicted octanol–water partition coefficient (Wildman–Crippen LogP) is 4.35. The van der Waals surface area contributed by atoms with E-state index in [9.17, 15) is 0 Å². The molecule has 1 N–H and O–H groups in total. The first kappa shape index (κ1) is 13.5. The fourth-order valence-corrected chi connectivity index (χ4v) is 2.57. The monoisotopic (exact) mass is 324 g/mol. The van der Waals surface area contributed by atoms with Crippen molar-refractivity contribution in [3.8, 4) is 0 Å². The van der Waals surface area contributed by atoms with Crippen LogP contribution in [0.1, 0.15) is 24.1 Å². The number of nitrogens with one attached hydrogen (secondary N) is 1. The van der Waals surface area contributed by atoms with Gasteiger partial charge in [0.15, 0.2) is 0 Å². The topological polar surface area (TPSA) is 24.9 Å². The summed E-state index contributed by atoms with van der Waals surface area (Å²) in [5.74, 6) is 0. The van der Waals surface area contributed by atoms with Crippen molar-refractivity contribution in [2.75, 3.05) is 0 Å². The molecule has 1 heterocycles. The SMILES string of the molecule is CC(NCc1ccncc1)c1ccc(Br)cc1Cl. The molecule has 0 aliphatic carbocycles. The van der Waals surface area contributed by atoms with Gasteiger partial charge in [-0.25, -0.2) is 0 Å². The van der Waals surface area contributed by atoms with Gasteiger partial charge in [-0.3, -0.25) is 4.98 Å². The van der Waals surface area contributed by atoms with E-state index in [0.29, 0.717) is 0 Å². The number of hydrogen-bond donors (Lipinski definition) is 1. The molecular weight excluding hydrogens is 312 g/mol. The number of benzene rings is 1. The Balaban J connectivity index is 2.01. The second kappa shape index (κ2) is 6.32. The van der Waals surface area contributed by atoms with E-state index in [-0.39, 0.29) is 6.04 Å². The first-order valence-electron chi connectivity index (χ1n) is 5.74. The van der Waals surface area contributed by atoms with E-state index in [1.54, 1.807) is 12.4 Å². The molecule has 0 spiro atoms. The van der Waals surface area contributed by atoms with Crippen LogP contribution in [-0.4, -0.2) is 4.98 Å². The average Bonchev–Trinajstić information content (AvgIpc) is 2.37. The van der Waals surface area contributed by atoms with E-state index < -0.39 is 0 Å². The van der Waals surface area contributed by atoms with Crippen molar-refractivity contribution in [2.45, 2.75) is 19.5 Å². The molecule has 0 bridgehead atoms. The minimum atomic E-state index is 0.207. The average molecular weight is 326 g/mol. The van der Waals surface area contributed by atoms with Crippen molar-refractivity contribution in [1.29, 1.82) is 0 Å². The standard InChI is InChI=1S/C14H14BrClN2/c1-10(13-3-2-12(15)8-14(13)16)18-9-11-4-6-17-7-5-11/h2-8,10,18H,9H2,1H3. The molecule has 0 saturated heterocycles. The van der Waals surface area contributed by atoms with Gasteiger partial charge < -0.3 is 5.32 Å². The second-order valence-corrected chi connectivity index (χ2v) is 5.45. The third kappa shape index (κ3) is 3.55. The predicted molar refractivity (Wildman–Crippen MR) is 78.6 cm³/mol. The van der Waals surface area contributed by atoms with Gasteiger partial charge in [-0.15, -0.1) is 0 Å². The maximum Gasteiger partial charge on any atom is 0.0464 e. The molecule has 1 aromatic heterocycles. The van der Waals surface area contributed by atoms with Gasteiger partial charge in [-0.2, -0.15) is 0 Å². The Morgan fingerprint density at radius 3 is 2.67 bits per heavy atom. The van der Waals surface area contributed by atoms with Gasteiger partial charge in [0.1, 0.15) is 0 Å². The van der Waals surface area contributed by atoms with Crippen molar-refractivity contribution < 1.29 is 0 Å². The molecule has 1 unspecified atom stereocenters. The Morgan fingerprint density at radius 1 is 1.28 bits per heavy atom. The summed E-state index contributed by atoms with van der Waals surface area (Å²) >= 11 is 9.64. The van der Waals surface area contributed by atoms with Crippen LogP contribution in [-0.2, 0) is 6.54 Å². The summed E-state index contributed by atoms with van der Waals surface area (Å²) in [6.07, 6.45) is 3.60. The molecule has 4 heteroatoms.